The van der Waals surface area contributed by atoms with Gasteiger partial charge in [0.2, 0.25) is 15.9 Å². The number of anilines is 1. The van der Waals surface area contributed by atoms with Crippen LogP contribution in [-0.4, -0.2) is 27.0 Å². The molecule has 0 heterocycles. The van der Waals surface area contributed by atoms with Crippen LogP contribution < -0.4 is 14.8 Å². The van der Waals surface area contributed by atoms with Gasteiger partial charge >= 0.3 is 0 Å². The topological polar surface area (TPSA) is 84.5 Å². The molecule has 0 aliphatic carbocycles. The zero-order chi connectivity index (χ0) is 23.1. The van der Waals surface area contributed by atoms with Crippen LogP contribution in [0.5, 0.6) is 5.75 Å². The maximum absolute atomic E-state index is 13.1. The largest absolute Gasteiger partial charge is 0.494 e. The number of sulfonamides is 1. The van der Waals surface area contributed by atoms with E-state index in [1.807, 2.05) is 37.3 Å². The van der Waals surface area contributed by atoms with Crippen molar-refractivity contribution in [3.05, 3.63) is 88.9 Å². The highest BCUT2D eigenvalue weighted by Gasteiger charge is 2.26. The van der Waals surface area contributed by atoms with Gasteiger partial charge in [0, 0.05) is 10.7 Å². The van der Waals surface area contributed by atoms with E-state index in [0.29, 0.717) is 28.6 Å². The first-order valence-electron chi connectivity index (χ1n) is 10.1. The molecule has 2 N–H and O–H groups in total. The summed E-state index contributed by atoms with van der Waals surface area (Å²) in [6, 6.07) is 19.4. The molecular weight excluding hydrogens is 448 g/mol. The minimum atomic E-state index is -3.97. The Balaban J connectivity index is 1.86. The molecule has 168 valence electrons. The lowest BCUT2D eigenvalue weighted by Crippen LogP contribution is -2.45. The van der Waals surface area contributed by atoms with Gasteiger partial charge in [-0.1, -0.05) is 41.9 Å². The second-order valence-electron chi connectivity index (χ2n) is 7.22. The van der Waals surface area contributed by atoms with Crippen LogP contribution in [0.25, 0.3) is 0 Å². The van der Waals surface area contributed by atoms with Crippen LogP contribution in [0, 0.1) is 6.92 Å². The second-order valence-corrected chi connectivity index (χ2v) is 9.37. The normalized spacial score (nSPS) is 12.2. The predicted octanol–water partition coefficient (Wildman–Crippen LogP) is 4.58. The average Bonchev–Trinajstić information content (AvgIpc) is 2.77. The third-order valence-electron chi connectivity index (χ3n) is 4.76. The van der Waals surface area contributed by atoms with Gasteiger partial charge in [0.15, 0.2) is 0 Å². The Morgan fingerprint density at radius 2 is 1.72 bits per heavy atom. The van der Waals surface area contributed by atoms with Crippen molar-refractivity contribution in [1.29, 1.82) is 0 Å². The number of carbonyl (C=O) groups is 1. The first-order chi connectivity index (χ1) is 15.3. The van der Waals surface area contributed by atoms with E-state index in [1.54, 1.807) is 37.3 Å². The van der Waals surface area contributed by atoms with E-state index < -0.39 is 22.0 Å². The molecule has 1 amide bonds. The molecule has 3 aromatic rings. The number of aryl methyl sites for hydroxylation is 1. The SMILES string of the molecule is CCOc1ccc(S(=O)(=O)N[C@H](Cc2ccccc2)C(=O)Nc2ccc(Cl)cc2)cc1C. The van der Waals surface area contributed by atoms with E-state index in [9.17, 15) is 13.2 Å². The summed E-state index contributed by atoms with van der Waals surface area (Å²) in [5.41, 5.74) is 2.04. The number of hydrogen-bond donors (Lipinski definition) is 2. The molecule has 0 saturated carbocycles. The summed E-state index contributed by atoms with van der Waals surface area (Å²) in [5.74, 6) is 0.148. The van der Waals surface area contributed by atoms with Crippen LogP contribution >= 0.6 is 11.6 Å². The first kappa shape index (κ1) is 23.8. The van der Waals surface area contributed by atoms with E-state index in [0.717, 1.165) is 5.56 Å². The van der Waals surface area contributed by atoms with Gasteiger partial charge < -0.3 is 10.1 Å². The van der Waals surface area contributed by atoms with Crippen LogP contribution in [0.15, 0.2) is 77.7 Å². The molecule has 32 heavy (non-hydrogen) atoms. The van der Waals surface area contributed by atoms with Crippen LogP contribution in [0.4, 0.5) is 5.69 Å². The van der Waals surface area contributed by atoms with Gasteiger partial charge in [-0.25, -0.2) is 8.42 Å². The molecule has 0 spiro atoms. The Morgan fingerprint density at radius 3 is 2.34 bits per heavy atom. The Hall–Kier alpha value is -2.87. The summed E-state index contributed by atoms with van der Waals surface area (Å²) in [4.78, 5) is 13.1. The maximum Gasteiger partial charge on any atom is 0.242 e. The summed E-state index contributed by atoms with van der Waals surface area (Å²) in [7, 11) is -3.97. The van der Waals surface area contributed by atoms with E-state index in [-0.39, 0.29) is 11.3 Å². The predicted molar refractivity (Wildman–Crippen MR) is 127 cm³/mol. The molecule has 0 saturated heterocycles. The molecule has 0 aromatic heterocycles. The molecule has 1 atom stereocenters. The highest BCUT2D eigenvalue weighted by molar-refractivity contribution is 7.89. The third kappa shape index (κ3) is 6.32. The fraction of sp³-hybridized carbons (Fsp3) is 0.208. The maximum atomic E-state index is 13.1. The number of hydrogen-bond acceptors (Lipinski definition) is 4. The minimum Gasteiger partial charge on any atom is -0.494 e. The lowest BCUT2D eigenvalue weighted by molar-refractivity contribution is -0.117. The molecule has 8 heteroatoms. The zero-order valence-electron chi connectivity index (χ0n) is 17.8. The molecule has 0 radical (unpaired) electrons. The summed E-state index contributed by atoms with van der Waals surface area (Å²) < 4.78 is 34.3. The summed E-state index contributed by atoms with van der Waals surface area (Å²) in [6.07, 6.45) is 0.190. The Kier molecular flexibility index (Phi) is 7.90. The number of rotatable bonds is 9. The van der Waals surface area contributed by atoms with Crippen LogP contribution in [0.3, 0.4) is 0 Å². The number of benzene rings is 3. The van der Waals surface area contributed by atoms with Crippen molar-refractivity contribution in [2.45, 2.75) is 31.2 Å². The van der Waals surface area contributed by atoms with Crippen molar-refractivity contribution < 1.29 is 17.9 Å². The van der Waals surface area contributed by atoms with E-state index in [4.69, 9.17) is 16.3 Å². The summed E-state index contributed by atoms with van der Waals surface area (Å²) in [6.45, 7) is 4.12. The van der Waals surface area contributed by atoms with Gasteiger partial charge in [-0.2, -0.15) is 4.72 Å². The van der Waals surface area contributed by atoms with Gasteiger partial charge in [-0.3, -0.25) is 4.79 Å². The number of carbonyl (C=O) groups excluding carboxylic acids is 1. The Labute approximate surface area is 193 Å². The van der Waals surface area contributed by atoms with Crippen molar-refractivity contribution in [3.63, 3.8) is 0 Å². The lowest BCUT2D eigenvalue weighted by Gasteiger charge is -2.19. The summed E-state index contributed by atoms with van der Waals surface area (Å²) >= 11 is 5.90. The van der Waals surface area contributed by atoms with Gasteiger partial charge in [0.25, 0.3) is 0 Å². The van der Waals surface area contributed by atoms with Crippen molar-refractivity contribution in [3.8, 4) is 5.75 Å². The van der Waals surface area contributed by atoms with Crippen molar-refractivity contribution in [2.75, 3.05) is 11.9 Å². The highest BCUT2D eigenvalue weighted by atomic mass is 35.5. The average molecular weight is 473 g/mol. The molecule has 0 unspecified atom stereocenters. The quantitative estimate of drug-likeness (QED) is 0.477. The van der Waals surface area contributed by atoms with Crippen LogP contribution in [0.1, 0.15) is 18.1 Å². The van der Waals surface area contributed by atoms with Crippen molar-refractivity contribution in [1.82, 2.24) is 4.72 Å². The molecule has 3 aromatic carbocycles. The molecule has 3 rings (SSSR count). The number of nitrogens with one attached hydrogen (secondary N) is 2. The minimum absolute atomic E-state index is 0.0656. The highest BCUT2D eigenvalue weighted by Crippen LogP contribution is 2.22. The summed E-state index contributed by atoms with van der Waals surface area (Å²) in [5, 5.41) is 3.29. The van der Waals surface area contributed by atoms with Crippen molar-refractivity contribution >= 4 is 33.2 Å². The monoisotopic (exact) mass is 472 g/mol. The second kappa shape index (κ2) is 10.6. The smallest absolute Gasteiger partial charge is 0.242 e. The first-order valence-corrected chi connectivity index (χ1v) is 12.0. The third-order valence-corrected chi connectivity index (χ3v) is 6.49. The lowest BCUT2D eigenvalue weighted by atomic mass is 10.1. The molecule has 6 nitrogen and oxygen atoms in total. The molecule has 0 aliphatic heterocycles. The van der Waals surface area contributed by atoms with Gasteiger partial charge in [-0.05, 0) is 73.9 Å². The standard InChI is InChI=1S/C24H25ClN2O4S/c1-3-31-23-14-13-21(15-17(23)2)32(29,30)27-22(16-18-7-5-4-6-8-18)24(28)26-20-11-9-19(25)10-12-20/h4-15,22,27H,3,16H2,1-2H3,(H,26,28)/t22-/m1/s1. The van der Waals surface area contributed by atoms with Crippen LogP contribution in [0.2, 0.25) is 5.02 Å². The van der Waals surface area contributed by atoms with Gasteiger partial charge in [0.05, 0.1) is 11.5 Å². The molecular formula is C24H25ClN2O4S. The van der Waals surface area contributed by atoms with Crippen LogP contribution in [-0.2, 0) is 21.2 Å². The fourth-order valence-corrected chi connectivity index (χ4v) is 4.57. The molecule has 0 aliphatic rings. The Bertz CT molecular complexity index is 1170. The van der Waals surface area contributed by atoms with Gasteiger partial charge in [0.1, 0.15) is 11.8 Å². The molecule has 0 fully saturated rings. The zero-order valence-corrected chi connectivity index (χ0v) is 19.4. The number of amides is 1. The Morgan fingerprint density at radius 1 is 1.03 bits per heavy atom. The van der Waals surface area contributed by atoms with Crippen molar-refractivity contribution in [2.24, 2.45) is 0 Å². The van der Waals surface area contributed by atoms with E-state index >= 15 is 0 Å². The van der Waals surface area contributed by atoms with Gasteiger partial charge in [-0.15, -0.1) is 0 Å². The molecule has 0 bridgehead atoms. The fourth-order valence-electron chi connectivity index (χ4n) is 3.16. The number of halogens is 1. The van der Waals surface area contributed by atoms with E-state index in [1.165, 1.54) is 12.1 Å². The van der Waals surface area contributed by atoms with E-state index in [2.05, 4.69) is 10.0 Å². The number of ether oxygens (including phenoxy) is 1.